The van der Waals surface area contributed by atoms with Gasteiger partial charge in [-0.3, -0.25) is 14.4 Å². The van der Waals surface area contributed by atoms with Gasteiger partial charge in [-0.15, -0.1) is 11.3 Å². The van der Waals surface area contributed by atoms with Crippen LogP contribution in [0, 0.1) is 13.8 Å². The molecule has 3 aromatic rings. The highest BCUT2D eigenvalue weighted by atomic mass is 32.1. The van der Waals surface area contributed by atoms with Gasteiger partial charge in [0, 0.05) is 42.4 Å². The second-order valence-corrected chi connectivity index (χ2v) is 9.21. The number of aromatic amines is 1. The van der Waals surface area contributed by atoms with Crippen molar-refractivity contribution >= 4 is 11.3 Å². The summed E-state index contributed by atoms with van der Waals surface area (Å²) in [4.78, 5) is 23.5. The quantitative estimate of drug-likeness (QED) is 0.681. The van der Waals surface area contributed by atoms with Gasteiger partial charge in [0.15, 0.2) is 0 Å². The van der Waals surface area contributed by atoms with Crippen LogP contribution >= 0.6 is 11.3 Å². The molecule has 4 rings (SSSR count). The van der Waals surface area contributed by atoms with Crippen molar-refractivity contribution in [3.63, 3.8) is 0 Å². The van der Waals surface area contributed by atoms with E-state index in [1.165, 1.54) is 11.3 Å². The summed E-state index contributed by atoms with van der Waals surface area (Å²) < 4.78 is 2.12. The molecule has 1 saturated heterocycles. The van der Waals surface area contributed by atoms with Crippen LogP contribution in [0.2, 0.25) is 0 Å². The molecular formula is C22H29N5OS. The summed E-state index contributed by atoms with van der Waals surface area (Å²) in [5.74, 6) is 0.968. The number of H-pyrrole nitrogens is 1. The van der Waals surface area contributed by atoms with Gasteiger partial charge in [0.25, 0.3) is 5.56 Å². The van der Waals surface area contributed by atoms with Crippen molar-refractivity contribution in [2.45, 2.75) is 59.0 Å². The molecule has 3 aromatic heterocycles. The number of piperidine rings is 1. The number of likely N-dealkylation sites (tertiary alicyclic amines) is 1. The molecule has 0 saturated carbocycles. The maximum atomic E-state index is 12.3. The third-order valence-corrected chi connectivity index (χ3v) is 6.66. The van der Waals surface area contributed by atoms with Crippen LogP contribution in [-0.4, -0.2) is 37.7 Å². The Bertz CT molecular complexity index is 1030. The van der Waals surface area contributed by atoms with Crippen molar-refractivity contribution in [1.29, 1.82) is 0 Å². The molecule has 4 heterocycles. The van der Waals surface area contributed by atoms with E-state index in [0.29, 0.717) is 11.9 Å². The molecule has 29 heavy (non-hydrogen) atoms. The van der Waals surface area contributed by atoms with Gasteiger partial charge in [0.2, 0.25) is 0 Å². The molecule has 1 N–H and O–H groups in total. The van der Waals surface area contributed by atoms with Crippen LogP contribution in [0.25, 0.3) is 10.7 Å². The summed E-state index contributed by atoms with van der Waals surface area (Å²) in [7, 11) is 0. The summed E-state index contributed by atoms with van der Waals surface area (Å²) in [6, 6.07) is 6.03. The summed E-state index contributed by atoms with van der Waals surface area (Å²) >= 11 is 1.60. The fourth-order valence-corrected chi connectivity index (χ4v) is 4.98. The first-order valence-corrected chi connectivity index (χ1v) is 11.2. The number of aryl methyl sites for hydroxylation is 1. The fraction of sp³-hybridized carbons (Fsp3) is 0.500. The Morgan fingerprint density at radius 2 is 2.17 bits per heavy atom. The lowest BCUT2D eigenvalue weighted by Gasteiger charge is -2.32. The van der Waals surface area contributed by atoms with E-state index in [-0.39, 0.29) is 11.5 Å². The van der Waals surface area contributed by atoms with Crippen LogP contribution in [-0.2, 0) is 6.54 Å². The molecular weight excluding hydrogens is 382 g/mol. The number of aromatic nitrogens is 4. The Kier molecular flexibility index (Phi) is 5.69. The number of thiophene rings is 1. The van der Waals surface area contributed by atoms with E-state index in [4.69, 9.17) is 10.1 Å². The van der Waals surface area contributed by atoms with Crippen molar-refractivity contribution in [2.24, 2.45) is 0 Å². The second-order valence-electron chi connectivity index (χ2n) is 8.26. The Labute approximate surface area is 175 Å². The molecule has 7 heteroatoms. The molecule has 0 bridgehead atoms. The van der Waals surface area contributed by atoms with Crippen molar-refractivity contribution < 1.29 is 0 Å². The largest absolute Gasteiger partial charge is 0.306 e. The standard InChI is InChI=1S/C22H29N5OS/c1-14(2)27-16(4)18(15(3)25-27)13-26-9-5-7-17(12-26)19-11-21(28)24-22(23-19)20-8-6-10-29-20/h6,8,10-11,14,17H,5,7,9,12-13H2,1-4H3,(H,23,24,28)/t17-/m1/s1. The van der Waals surface area contributed by atoms with Gasteiger partial charge in [-0.2, -0.15) is 5.10 Å². The van der Waals surface area contributed by atoms with E-state index >= 15 is 0 Å². The van der Waals surface area contributed by atoms with Crippen molar-refractivity contribution in [1.82, 2.24) is 24.6 Å². The van der Waals surface area contributed by atoms with Gasteiger partial charge < -0.3 is 4.98 Å². The summed E-state index contributed by atoms with van der Waals surface area (Å²) in [5.41, 5.74) is 4.55. The van der Waals surface area contributed by atoms with E-state index in [1.54, 1.807) is 17.4 Å². The number of hydrogen-bond acceptors (Lipinski definition) is 5. The lowest BCUT2D eigenvalue weighted by molar-refractivity contribution is 0.197. The zero-order valence-corrected chi connectivity index (χ0v) is 18.4. The van der Waals surface area contributed by atoms with Crippen LogP contribution in [0.4, 0.5) is 0 Å². The van der Waals surface area contributed by atoms with Gasteiger partial charge in [0.05, 0.1) is 16.3 Å². The maximum absolute atomic E-state index is 12.3. The van der Waals surface area contributed by atoms with E-state index in [9.17, 15) is 4.79 Å². The van der Waals surface area contributed by atoms with Gasteiger partial charge in [-0.05, 0) is 58.5 Å². The summed E-state index contributed by atoms with van der Waals surface area (Å²) in [5, 5.41) is 6.74. The number of nitrogens with one attached hydrogen (secondary N) is 1. The van der Waals surface area contributed by atoms with Crippen LogP contribution in [0.5, 0.6) is 0 Å². The first-order valence-electron chi connectivity index (χ1n) is 10.3. The van der Waals surface area contributed by atoms with Gasteiger partial charge in [0.1, 0.15) is 5.82 Å². The molecule has 1 fully saturated rings. The number of nitrogens with zero attached hydrogens (tertiary/aromatic N) is 4. The average molecular weight is 412 g/mol. The third-order valence-electron chi connectivity index (χ3n) is 5.79. The Morgan fingerprint density at radius 1 is 1.34 bits per heavy atom. The monoisotopic (exact) mass is 411 g/mol. The van der Waals surface area contributed by atoms with Crippen molar-refractivity contribution in [3.8, 4) is 10.7 Å². The van der Waals surface area contributed by atoms with Gasteiger partial charge in [-0.25, -0.2) is 4.98 Å². The van der Waals surface area contributed by atoms with E-state index < -0.39 is 0 Å². The normalized spacial score (nSPS) is 17.9. The van der Waals surface area contributed by atoms with Crippen molar-refractivity contribution in [2.75, 3.05) is 13.1 Å². The molecule has 0 spiro atoms. The molecule has 1 aliphatic rings. The minimum absolute atomic E-state index is 0.0691. The Balaban J connectivity index is 1.55. The minimum Gasteiger partial charge on any atom is -0.306 e. The van der Waals surface area contributed by atoms with Crippen LogP contribution in [0.1, 0.15) is 61.3 Å². The molecule has 0 amide bonds. The number of rotatable bonds is 5. The molecule has 0 aromatic carbocycles. The molecule has 154 valence electrons. The second kappa shape index (κ2) is 8.24. The van der Waals surface area contributed by atoms with E-state index in [2.05, 4.69) is 42.3 Å². The molecule has 0 unspecified atom stereocenters. The lowest BCUT2D eigenvalue weighted by atomic mass is 9.94. The topological polar surface area (TPSA) is 66.8 Å². The third kappa shape index (κ3) is 4.21. The first kappa shape index (κ1) is 20.0. The van der Waals surface area contributed by atoms with Crippen molar-refractivity contribution in [3.05, 3.63) is 56.6 Å². The van der Waals surface area contributed by atoms with Crippen LogP contribution in [0.15, 0.2) is 28.4 Å². The molecule has 1 aliphatic heterocycles. The minimum atomic E-state index is -0.0691. The average Bonchev–Trinajstić information content (AvgIpc) is 3.32. The first-order chi connectivity index (χ1) is 13.9. The number of hydrogen-bond donors (Lipinski definition) is 1. The highest BCUT2D eigenvalue weighted by molar-refractivity contribution is 7.13. The zero-order valence-electron chi connectivity index (χ0n) is 17.6. The van der Waals surface area contributed by atoms with E-state index in [0.717, 1.165) is 48.7 Å². The van der Waals surface area contributed by atoms with Gasteiger partial charge >= 0.3 is 0 Å². The summed E-state index contributed by atoms with van der Waals surface area (Å²) in [6.07, 6.45) is 2.18. The molecule has 0 aliphatic carbocycles. The molecule has 0 radical (unpaired) electrons. The van der Waals surface area contributed by atoms with Gasteiger partial charge in [-0.1, -0.05) is 6.07 Å². The molecule has 6 nitrogen and oxygen atoms in total. The Hall–Kier alpha value is -2.25. The highest BCUT2D eigenvalue weighted by Gasteiger charge is 2.25. The Morgan fingerprint density at radius 3 is 2.86 bits per heavy atom. The molecule has 1 atom stereocenters. The fourth-order valence-electron chi connectivity index (χ4n) is 4.31. The predicted octanol–water partition coefficient (Wildman–Crippen LogP) is 4.27. The van der Waals surface area contributed by atoms with Crippen LogP contribution < -0.4 is 5.56 Å². The SMILES string of the molecule is Cc1nn(C(C)C)c(C)c1CN1CCC[C@@H](c2cc(=O)[nH]c(-c3cccs3)n2)C1. The zero-order chi connectivity index (χ0) is 20.5. The smallest absolute Gasteiger partial charge is 0.251 e. The lowest BCUT2D eigenvalue weighted by Crippen LogP contribution is -2.35. The highest BCUT2D eigenvalue weighted by Crippen LogP contribution is 2.29. The predicted molar refractivity (Wildman–Crippen MR) is 118 cm³/mol. The summed E-state index contributed by atoms with van der Waals surface area (Å²) in [6.45, 7) is 11.5. The van der Waals surface area contributed by atoms with Crippen LogP contribution in [0.3, 0.4) is 0 Å². The van der Waals surface area contributed by atoms with E-state index in [1.807, 2.05) is 17.5 Å². The maximum Gasteiger partial charge on any atom is 0.251 e.